The van der Waals surface area contributed by atoms with Crippen LogP contribution in [0.25, 0.3) is 105 Å². The van der Waals surface area contributed by atoms with Crippen LogP contribution in [0.2, 0.25) is 0 Å². The van der Waals surface area contributed by atoms with Gasteiger partial charge in [0, 0.05) is 50.8 Å². The third kappa shape index (κ3) is 7.48. The Hall–Kier alpha value is -9.45. The lowest BCUT2D eigenvalue weighted by Crippen LogP contribution is -2.32. The number of aliphatic imine (C=N–C) groups is 1. The first-order chi connectivity index (χ1) is 35.1. The number of fused-ring (bicyclic) bond motifs is 9. The van der Waals surface area contributed by atoms with Crippen molar-refractivity contribution in [2.45, 2.75) is 0 Å². The van der Waals surface area contributed by atoms with Crippen molar-refractivity contribution in [2.24, 2.45) is 4.99 Å². The van der Waals surface area contributed by atoms with Crippen molar-refractivity contribution in [3.05, 3.63) is 267 Å². The van der Waals surface area contributed by atoms with Crippen LogP contribution >= 0.6 is 0 Å². The predicted molar refractivity (Wildman–Crippen MR) is 298 cm³/mol. The zero-order valence-electron chi connectivity index (χ0n) is 38.8. The van der Waals surface area contributed by atoms with Crippen molar-refractivity contribution < 1.29 is 0 Å². The number of anilines is 1. The molecule has 5 heteroatoms. The summed E-state index contributed by atoms with van der Waals surface area (Å²) >= 11 is 0. The molecule has 0 radical (unpaired) electrons. The molecule has 2 aromatic heterocycles. The van der Waals surface area contributed by atoms with E-state index in [9.17, 15) is 0 Å². The summed E-state index contributed by atoms with van der Waals surface area (Å²) in [4.78, 5) is 18.1. The number of para-hydroxylation sites is 2. The van der Waals surface area contributed by atoms with Gasteiger partial charge in [0.25, 0.3) is 0 Å². The van der Waals surface area contributed by atoms with Crippen LogP contribution in [0.1, 0.15) is 5.56 Å². The second-order valence-electron chi connectivity index (χ2n) is 18.0. The van der Waals surface area contributed by atoms with E-state index in [1.54, 1.807) is 0 Å². The van der Waals surface area contributed by atoms with Gasteiger partial charge in [-0.1, -0.05) is 195 Å². The van der Waals surface area contributed by atoms with Crippen LogP contribution in [0.3, 0.4) is 0 Å². The SMILES string of the molecule is C=C1/C=C\C=C/CN(c2ccc(-c3cc(-c4ccc(-n5c(-c6ccccc6)nc6ccccc65)cc4)cc(-c4nc5c6ccccc6c6ccccc6c5c5ccccc45)c3)cc2)/C(c2ccccc2)=N\1. The monoisotopic (exact) mass is 907 g/mol. The van der Waals surface area contributed by atoms with E-state index in [0.717, 1.165) is 95.0 Å². The highest BCUT2D eigenvalue weighted by Gasteiger charge is 2.20. The van der Waals surface area contributed by atoms with Crippen molar-refractivity contribution in [1.82, 2.24) is 14.5 Å². The third-order valence-corrected chi connectivity index (χ3v) is 13.7. The Bertz CT molecular complexity index is 4130. The molecule has 334 valence electrons. The average molecular weight is 908 g/mol. The molecule has 10 aromatic carbocycles. The minimum absolute atomic E-state index is 0.646. The highest BCUT2D eigenvalue weighted by atomic mass is 15.2. The van der Waals surface area contributed by atoms with Crippen LogP contribution in [0.5, 0.6) is 0 Å². The normalized spacial score (nSPS) is 14.6. The van der Waals surface area contributed by atoms with Gasteiger partial charge in [0.05, 0.1) is 27.9 Å². The lowest BCUT2D eigenvalue weighted by atomic mass is 9.90. The predicted octanol–water partition coefficient (Wildman–Crippen LogP) is 16.6. The number of hydrogen-bond acceptors (Lipinski definition) is 4. The lowest BCUT2D eigenvalue weighted by molar-refractivity contribution is 1.10. The van der Waals surface area contributed by atoms with Gasteiger partial charge >= 0.3 is 0 Å². The molecule has 5 nitrogen and oxygen atoms in total. The number of hydrogen-bond donors (Lipinski definition) is 0. The molecule has 0 spiro atoms. The number of aromatic nitrogens is 3. The summed E-state index contributed by atoms with van der Waals surface area (Å²) in [6.07, 6.45) is 8.17. The molecule has 3 heterocycles. The number of rotatable bonds is 7. The van der Waals surface area contributed by atoms with Gasteiger partial charge in [-0.3, -0.25) is 4.57 Å². The highest BCUT2D eigenvalue weighted by Crippen LogP contribution is 2.43. The summed E-state index contributed by atoms with van der Waals surface area (Å²) in [5.41, 5.74) is 14.3. The van der Waals surface area contributed by atoms with Crippen LogP contribution in [-0.4, -0.2) is 26.9 Å². The first-order valence-electron chi connectivity index (χ1n) is 24.1. The van der Waals surface area contributed by atoms with E-state index in [-0.39, 0.29) is 0 Å². The van der Waals surface area contributed by atoms with Crippen LogP contribution in [0.15, 0.2) is 266 Å². The maximum atomic E-state index is 5.73. The van der Waals surface area contributed by atoms with Gasteiger partial charge in [0.15, 0.2) is 0 Å². The molecule has 0 aliphatic carbocycles. The lowest BCUT2D eigenvalue weighted by Gasteiger charge is -2.26. The average Bonchev–Trinajstić information content (AvgIpc) is 3.87. The Morgan fingerprint density at radius 2 is 0.944 bits per heavy atom. The maximum absolute atomic E-state index is 5.73. The highest BCUT2D eigenvalue weighted by molar-refractivity contribution is 6.31. The standard InChI is InChI=1S/C66H45N5/c1-44-19-5-4-18-40-70(65(67-44)47-20-6-2-7-21-47)52-36-32-45(33-37-52)49-41-50(46-34-38-53(39-35-46)71-61-31-17-16-30-60(61)68-66(71)48-22-8-3-9-23-48)43-51(42-49)63-59-29-15-13-27-57(59)62-56-26-12-10-24-54(56)55-25-11-14-28-58(55)64(62)69-63/h2-39,41-43H,1,40H2/b18-4-,19-5-,67-65-. The summed E-state index contributed by atoms with van der Waals surface area (Å²) in [5.74, 6) is 1.76. The van der Waals surface area contributed by atoms with Crippen molar-refractivity contribution in [2.75, 3.05) is 11.4 Å². The molecule has 13 rings (SSSR count). The number of pyridine rings is 1. The number of nitrogens with zero attached hydrogens (tertiary/aromatic N) is 5. The first kappa shape index (κ1) is 41.7. The fourth-order valence-electron chi connectivity index (χ4n) is 10.4. The number of imidazole rings is 1. The molecule has 0 unspecified atom stereocenters. The molecule has 0 bridgehead atoms. The van der Waals surface area contributed by atoms with Crippen molar-refractivity contribution in [1.29, 1.82) is 0 Å². The molecule has 12 aromatic rings. The Balaban J connectivity index is 0.993. The van der Waals surface area contributed by atoms with Crippen molar-refractivity contribution in [3.8, 4) is 50.6 Å². The molecule has 0 fully saturated rings. The van der Waals surface area contributed by atoms with E-state index in [1.165, 1.54) is 26.9 Å². The summed E-state index contributed by atoms with van der Waals surface area (Å²) in [6.45, 7) is 4.89. The molecule has 0 N–H and O–H groups in total. The zero-order chi connectivity index (χ0) is 47.3. The molecule has 0 saturated heterocycles. The van der Waals surface area contributed by atoms with Gasteiger partial charge < -0.3 is 4.90 Å². The summed E-state index contributed by atoms with van der Waals surface area (Å²) < 4.78 is 2.26. The van der Waals surface area contributed by atoms with Crippen LogP contribution in [0.4, 0.5) is 5.69 Å². The van der Waals surface area contributed by atoms with Crippen LogP contribution in [0, 0.1) is 0 Å². The van der Waals surface area contributed by atoms with Crippen LogP contribution < -0.4 is 4.90 Å². The fraction of sp³-hybridized carbons (Fsp3) is 0.0152. The molecular formula is C66H45N5. The van der Waals surface area contributed by atoms with E-state index in [1.807, 2.05) is 30.4 Å². The Morgan fingerprint density at radius 3 is 1.63 bits per heavy atom. The molecule has 1 aliphatic heterocycles. The van der Waals surface area contributed by atoms with Gasteiger partial charge in [0.2, 0.25) is 0 Å². The quantitative estimate of drug-likeness (QED) is 0.150. The second-order valence-corrected chi connectivity index (χ2v) is 18.0. The van der Waals surface area contributed by atoms with Gasteiger partial charge in [-0.05, 0) is 104 Å². The summed E-state index contributed by atoms with van der Waals surface area (Å²) in [6, 6.07) is 80.1. The first-order valence-corrected chi connectivity index (χ1v) is 24.1. The van der Waals surface area contributed by atoms with Crippen molar-refractivity contribution >= 4 is 65.8 Å². The van der Waals surface area contributed by atoms with E-state index in [0.29, 0.717) is 12.2 Å². The number of allylic oxidation sites excluding steroid dienone is 3. The maximum Gasteiger partial charge on any atom is 0.145 e. The van der Waals surface area contributed by atoms with Gasteiger partial charge in [-0.15, -0.1) is 0 Å². The Morgan fingerprint density at radius 1 is 0.408 bits per heavy atom. The topological polar surface area (TPSA) is 46.3 Å². The molecule has 1 aliphatic rings. The molecule has 0 saturated carbocycles. The smallest absolute Gasteiger partial charge is 0.145 e. The van der Waals surface area contributed by atoms with Gasteiger partial charge in [-0.2, -0.15) is 0 Å². The largest absolute Gasteiger partial charge is 0.322 e. The second kappa shape index (κ2) is 17.6. The number of amidine groups is 1. The molecule has 0 amide bonds. The molecule has 0 atom stereocenters. The summed E-state index contributed by atoms with van der Waals surface area (Å²) in [5, 5.41) is 8.26. The summed E-state index contributed by atoms with van der Waals surface area (Å²) in [7, 11) is 0. The third-order valence-electron chi connectivity index (χ3n) is 13.7. The van der Waals surface area contributed by atoms with E-state index < -0.39 is 0 Å². The van der Waals surface area contributed by atoms with Gasteiger partial charge in [0.1, 0.15) is 11.7 Å². The number of benzene rings is 10. The Kier molecular flexibility index (Phi) is 10.3. The van der Waals surface area contributed by atoms with Crippen molar-refractivity contribution in [3.63, 3.8) is 0 Å². The molecular weight excluding hydrogens is 863 g/mol. The van der Waals surface area contributed by atoms with E-state index in [2.05, 4.69) is 234 Å². The fourth-order valence-corrected chi connectivity index (χ4v) is 10.4. The van der Waals surface area contributed by atoms with E-state index >= 15 is 0 Å². The van der Waals surface area contributed by atoms with Crippen LogP contribution in [-0.2, 0) is 0 Å². The van der Waals surface area contributed by atoms with E-state index in [4.69, 9.17) is 15.0 Å². The van der Waals surface area contributed by atoms with Gasteiger partial charge in [-0.25, -0.2) is 15.0 Å². The zero-order valence-corrected chi connectivity index (χ0v) is 38.8. The molecule has 71 heavy (non-hydrogen) atoms. The minimum atomic E-state index is 0.646. The Labute approximate surface area is 412 Å². The minimum Gasteiger partial charge on any atom is -0.322 e.